The van der Waals surface area contributed by atoms with Crippen LogP contribution in [-0.2, 0) is 0 Å². The highest BCUT2D eigenvalue weighted by Gasteiger charge is 2.07. The van der Waals surface area contributed by atoms with Crippen molar-refractivity contribution in [1.82, 2.24) is 4.98 Å². The molecule has 0 spiro atoms. The Morgan fingerprint density at radius 3 is 2.75 bits per heavy atom. The van der Waals surface area contributed by atoms with Crippen LogP contribution in [0.15, 0.2) is 24.5 Å². The zero-order valence-electron chi connectivity index (χ0n) is 7.50. The highest BCUT2D eigenvalue weighted by molar-refractivity contribution is 9.09. The quantitative estimate of drug-likeness (QED) is 0.723. The van der Waals surface area contributed by atoms with Gasteiger partial charge in [0.05, 0.1) is 0 Å². The Kier molecular flexibility index (Phi) is 3.73. The summed E-state index contributed by atoms with van der Waals surface area (Å²) >= 11 is 3.55. The van der Waals surface area contributed by atoms with Crippen LogP contribution in [0.5, 0.6) is 0 Å². The van der Waals surface area contributed by atoms with E-state index in [-0.39, 0.29) is 0 Å². The predicted molar refractivity (Wildman–Crippen MR) is 55.7 cm³/mol. The molecule has 1 aromatic rings. The molecule has 0 radical (unpaired) electrons. The summed E-state index contributed by atoms with van der Waals surface area (Å²) in [5, 5.41) is 0. The number of hydrogen-bond donors (Lipinski definition) is 0. The van der Waals surface area contributed by atoms with E-state index in [0.717, 1.165) is 6.42 Å². The third kappa shape index (κ3) is 2.94. The summed E-state index contributed by atoms with van der Waals surface area (Å²) in [6.07, 6.45) is 4.92. The molecule has 0 aromatic carbocycles. The number of aromatic nitrogens is 1. The highest BCUT2D eigenvalue weighted by atomic mass is 79.9. The van der Waals surface area contributed by atoms with Gasteiger partial charge >= 0.3 is 0 Å². The minimum atomic E-state index is 0.577. The molecule has 12 heavy (non-hydrogen) atoms. The van der Waals surface area contributed by atoms with Crippen molar-refractivity contribution in [3.8, 4) is 0 Å². The maximum absolute atomic E-state index is 4.10. The second-order valence-electron chi connectivity index (χ2n) is 3.20. The van der Waals surface area contributed by atoms with Gasteiger partial charge in [0.1, 0.15) is 0 Å². The van der Waals surface area contributed by atoms with Crippen LogP contribution >= 0.6 is 15.9 Å². The average molecular weight is 228 g/mol. The topological polar surface area (TPSA) is 12.9 Å². The summed E-state index contributed by atoms with van der Waals surface area (Å²) in [7, 11) is 0. The Bertz CT molecular complexity index is 221. The third-order valence-electron chi connectivity index (χ3n) is 1.93. The van der Waals surface area contributed by atoms with Gasteiger partial charge in [-0.15, -0.1) is 0 Å². The highest BCUT2D eigenvalue weighted by Crippen LogP contribution is 2.22. The van der Waals surface area contributed by atoms with Crippen LogP contribution in [0.4, 0.5) is 0 Å². The van der Waals surface area contributed by atoms with Crippen molar-refractivity contribution in [1.29, 1.82) is 0 Å². The molecule has 0 aliphatic rings. The summed E-state index contributed by atoms with van der Waals surface area (Å²) < 4.78 is 0. The van der Waals surface area contributed by atoms with Crippen LogP contribution in [0, 0.1) is 0 Å². The zero-order valence-corrected chi connectivity index (χ0v) is 9.08. The van der Waals surface area contributed by atoms with Crippen LogP contribution in [-0.4, -0.2) is 9.81 Å². The molecule has 1 aromatic heterocycles. The molecule has 0 aliphatic heterocycles. The van der Waals surface area contributed by atoms with Crippen molar-refractivity contribution in [3.05, 3.63) is 30.1 Å². The van der Waals surface area contributed by atoms with Gasteiger partial charge in [0, 0.05) is 17.2 Å². The van der Waals surface area contributed by atoms with Gasteiger partial charge in [-0.1, -0.05) is 35.8 Å². The lowest BCUT2D eigenvalue weighted by Gasteiger charge is -2.12. The van der Waals surface area contributed by atoms with Gasteiger partial charge in [-0.25, -0.2) is 0 Å². The van der Waals surface area contributed by atoms with Crippen molar-refractivity contribution in [2.45, 2.75) is 31.0 Å². The van der Waals surface area contributed by atoms with E-state index >= 15 is 0 Å². The first kappa shape index (κ1) is 9.72. The molecule has 1 nitrogen and oxygen atoms in total. The van der Waals surface area contributed by atoms with E-state index in [9.17, 15) is 0 Å². The van der Waals surface area contributed by atoms with E-state index in [4.69, 9.17) is 0 Å². The minimum absolute atomic E-state index is 0.577. The molecular formula is C10H14BrN. The van der Waals surface area contributed by atoms with E-state index in [1.807, 2.05) is 18.5 Å². The molecule has 0 bridgehead atoms. The number of halogens is 1. The van der Waals surface area contributed by atoms with Crippen molar-refractivity contribution in [2.75, 3.05) is 0 Å². The molecule has 2 heteroatoms. The van der Waals surface area contributed by atoms with Crippen LogP contribution in [0.3, 0.4) is 0 Å². The van der Waals surface area contributed by atoms with Crippen LogP contribution in [0.25, 0.3) is 0 Å². The molecular weight excluding hydrogens is 214 g/mol. The molecule has 0 aliphatic carbocycles. The molecule has 0 amide bonds. The Hall–Kier alpha value is -0.370. The molecule has 2 unspecified atom stereocenters. The van der Waals surface area contributed by atoms with E-state index < -0.39 is 0 Å². The van der Waals surface area contributed by atoms with E-state index in [0.29, 0.717) is 10.7 Å². The van der Waals surface area contributed by atoms with Gasteiger partial charge in [0.25, 0.3) is 0 Å². The fraction of sp³-hybridized carbons (Fsp3) is 0.500. The SMILES string of the molecule is CC(Br)CC(C)c1cccnc1. The summed E-state index contributed by atoms with van der Waals surface area (Å²) in [5.41, 5.74) is 1.32. The van der Waals surface area contributed by atoms with E-state index in [1.165, 1.54) is 5.56 Å². The predicted octanol–water partition coefficient (Wildman–Crippen LogP) is 3.36. The summed E-state index contributed by atoms with van der Waals surface area (Å²) in [6.45, 7) is 4.40. The summed E-state index contributed by atoms with van der Waals surface area (Å²) in [6, 6.07) is 4.12. The first-order valence-electron chi connectivity index (χ1n) is 4.24. The molecule has 2 atom stereocenters. The Balaban J connectivity index is 2.59. The number of rotatable bonds is 3. The van der Waals surface area contributed by atoms with Crippen molar-refractivity contribution in [3.63, 3.8) is 0 Å². The van der Waals surface area contributed by atoms with Crippen molar-refractivity contribution >= 4 is 15.9 Å². The lowest BCUT2D eigenvalue weighted by molar-refractivity contribution is 0.679. The summed E-state index contributed by atoms with van der Waals surface area (Å²) in [4.78, 5) is 4.67. The Morgan fingerprint density at radius 2 is 2.25 bits per heavy atom. The molecule has 1 heterocycles. The van der Waals surface area contributed by atoms with Crippen LogP contribution in [0.1, 0.15) is 31.7 Å². The molecule has 0 saturated heterocycles. The second-order valence-corrected chi connectivity index (χ2v) is 4.77. The van der Waals surface area contributed by atoms with Gasteiger partial charge in [0.2, 0.25) is 0 Å². The maximum atomic E-state index is 4.10. The Labute approximate surface area is 82.3 Å². The van der Waals surface area contributed by atoms with Crippen LogP contribution < -0.4 is 0 Å². The van der Waals surface area contributed by atoms with Crippen molar-refractivity contribution in [2.24, 2.45) is 0 Å². The molecule has 1 rings (SSSR count). The number of pyridine rings is 1. The normalized spacial score (nSPS) is 15.6. The zero-order chi connectivity index (χ0) is 8.97. The monoisotopic (exact) mass is 227 g/mol. The number of alkyl halides is 1. The van der Waals surface area contributed by atoms with Gasteiger partial charge in [0.15, 0.2) is 0 Å². The van der Waals surface area contributed by atoms with E-state index in [2.05, 4.69) is 40.8 Å². The van der Waals surface area contributed by atoms with Gasteiger partial charge in [-0.3, -0.25) is 4.98 Å². The smallest absolute Gasteiger partial charge is 0.0302 e. The number of nitrogens with zero attached hydrogens (tertiary/aromatic N) is 1. The van der Waals surface area contributed by atoms with Gasteiger partial charge in [-0.2, -0.15) is 0 Å². The van der Waals surface area contributed by atoms with Gasteiger partial charge in [-0.05, 0) is 24.0 Å². The number of hydrogen-bond acceptors (Lipinski definition) is 1. The maximum Gasteiger partial charge on any atom is 0.0302 e. The standard InChI is InChI=1S/C10H14BrN/c1-8(6-9(2)11)10-4-3-5-12-7-10/h3-5,7-9H,6H2,1-2H3. The average Bonchev–Trinajstić information content (AvgIpc) is 2.05. The molecule has 0 fully saturated rings. The fourth-order valence-corrected chi connectivity index (χ4v) is 1.85. The first-order chi connectivity index (χ1) is 5.70. The van der Waals surface area contributed by atoms with E-state index in [1.54, 1.807) is 0 Å². The Morgan fingerprint density at radius 1 is 1.50 bits per heavy atom. The second kappa shape index (κ2) is 4.61. The fourth-order valence-electron chi connectivity index (χ4n) is 1.29. The lowest BCUT2D eigenvalue weighted by Crippen LogP contribution is -2.00. The lowest BCUT2D eigenvalue weighted by atomic mass is 9.98. The van der Waals surface area contributed by atoms with Gasteiger partial charge < -0.3 is 0 Å². The first-order valence-corrected chi connectivity index (χ1v) is 5.15. The summed E-state index contributed by atoms with van der Waals surface area (Å²) in [5.74, 6) is 0.591. The van der Waals surface area contributed by atoms with Crippen LogP contribution in [0.2, 0.25) is 0 Å². The minimum Gasteiger partial charge on any atom is -0.264 e. The molecule has 0 saturated carbocycles. The molecule has 0 N–H and O–H groups in total. The largest absolute Gasteiger partial charge is 0.264 e. The third-order valence-corrected chi connectivity index (χ3v) is 2.31. The molecule has 66 valence electrons. The van der Waals surface area contributed by atoms with Crippen molar-refractivity contribution < 1.29 is 0 Å².